The SMILES string of the molecule is COc1ccc(/C=C/C2=NCc3ccc(N4C(=O)CC[C@@H]4C)cc32)cc1. The van der Waals surface area contributed by atoms with Crippen LogP contribution < -0.4 is 9.64 Å². The second-order valence-electron chi connectivity index (χ2n) is 6.80. The summed E-state index contributed by atoms with van der Waals surface area (Å²) in [6.07, 6.45) is 5.67. The molecular formula is C22H22N2O2. The van der Waals surface area contributed by atoms with Crippen molar-refractivity contribution in [1.82, 2.24) is 0 Å². The number of rotatable bonds is 4. The Bertz CT molecular complexity index is 897. The number of anilines is 1. The number of hydrogen-bond donors (Lipinski definition) is 0. The molecule has 26 heavy (non-hydrogen) atoms. The van der Waals surface area contributed by atoms with Crippen LogP contribution in [0.25, 0.3) is 6.08 Å². The molecule has 2 aromatic carbocycles. The summed E-state index contributed by atoms with van der Waals surface area (Å²) in [4.78, 5) is 18.8. The van der Waals surface area contributed by atoms with Crippen molar-refractivity contribution in [2.75, 3.05) is 12.0 Å². The highest BCUT2D eigenvalue weighted by atomic mass is 16.5. The second-order valence-corrected chi connectivity index (χ2v) is 6.80. The highest BCUT2D eigenvalue weighted by molar-refractivity contribution is 6.14. The number of methoxy groups -OCH3 is 1. The van der Waals surface area contributed by atoms with Gasteiger partial charge in [-0.05, 0) is 54.8 Å². The lowest BCUT2D eigenvalue weighted by atomic mass is 10.0. The molecule has 4 nitrogen and oxygen atoms in total. The fourth-order valence-corrected chi connectivity index (χ4v) is 3.60. The third kappa shape index (κ3) is 3.03. The number of nitrogens with zero attached hydrogens (tertiary/aromatic N) is 2. The Morgan fingerprint density at radius 1 is 1.15 bits per heavy atom. The van der Waals surface area contributed by atoms with Crippen molar-refractivity contribution in [3.63, 3.8) is 0 Å². The van der Waals surface area contributed by atoms with Gasteiger partial charge in [-0.3, -0.25) is 9.79 Å². The number of allylic oxidation sites excluding steroid dienone is 1. The molecule has 0 N–H and O–H groups in total. The summed E-state index contributed by atoms with van der Waals surface area (Å²) in [6, 6.07) is 14.5. The fraction of sp³-hybridized carbons (Fsp3) is 0.273. The van der Waals surface area contributed by atoms with Crippen LogP contribution in [0, 0.1) is 0 Å². The molecule has 4 rings (SSSR count). The van der Waals surface area contributed by atoms with Crippen LogP contribution in [0.1, 0.15) is 36.5 Å². The minimum absolute atomic E-state index is 0.211. The summed E-state index contributed by atoms with van der Waals surface area (Å²) in [5.41, 5.74) is 5.38. The molecule has 1 amide bonds. The molecule has 2 heterocycles. The maximum atomic E-state index is 12.2. The summed E-state index contributed by atoms with van der Waals surface area (Å²) in [7, 11) is 1.67. The average Bonchev–Trinajstić information content (AvgIpc) is 3.22. The van der Waals surface area contributed by atoms with Crippen LogP contribution in [0.5, 0.6) is 5.75 Å². The Hall–Kier alpha value is -2.88. The van der Waals surface area contributed by atoms with E-state index in [1.54, 1.807) is 7.11 Å². The van der Waals surface area contributed by atoms with E-state index in [2.05, 4.69) is 30.1 Å². The van der Waals surface area contributed by atoms with Gasteiger partial charge in [0.2, 0.25) is 5.91 Å². The molecule has 2 aliphatic heterocycles. The highest BCUT2D eigenvalue weighted by Crippen LogP contribution is 2.31. The van der Waals surface area contributed by atoms with Gasteiger partial charge in [-0.15, -0.1) is 0 Å². The largest absolute Gasteiger partial charge is 0.497 e. The molecule has 2 aromatic rings. The minimum atomic E-state index is 0.211. The lowest BCUT2D eigenvalue weighted by Crippen LogP contribution is -2.30. The molecule has 0 aliphatic carbocycles. The van der Waals surface area contributed by atoms with Gasteiger partial charge in [0, 0.05) is 23.7 Å². The van der Waals surface area contributed by atoms with Crippen molar-refractivity contribution < 1.29 is 9.53 Å². The Morgan fingerprint density at radius 2 is 1.96 bits per heavy atom. The van der Waals surface area contributed by atoms with Crippen LogP contribution in [-0.4, -0.2) is 24.8 Å². The molecule has 0 aromatic heterocycles. The van der Waals surface area contributed by atoms with Crippen LogP contribution >= 0.6 is 0 Å². The zero-order valence-electron chi connectivity index (χ0n) is 15.1. The van der Waals surface area contributed by atoms with Crippen molar-refractivity contribution in [2.45, 2.75) is 32.4 Å². The van der Waals surface area contributed by atoms with E-state index in [9.17, 15) is 4.79 Å². The molecule has 1 saturated heterocycles. The molecule has 1 fully saturated rings. The van der Waals surface area contributed by atoms with Gasteiger partial charge < -0.3 is 9.64 Å². The van der Waals surface area contributed by atoms with Gasteiger partial charge in [0.25, 0.3) is 0 Å². The molecule has 0 radical (unpaired) electrons. The van der Waals surface area contributed by atoms with Crippen molar-refractivity contribution in [3.05, 3.63) is 65.2 Å². The number of amides is 1. The highest BCUT2D eigenvalue weighted by Gasteiger charge is 2.29. The first-order valence-corrected chi connectivity index (χ1v) is 8.97. The van der Waals surface area contributed by atoms with Crippen LogP contribution in [0.3, 0.4) is 0 Å². The lowest BCUT2D eigenvalue weighted by Gasteiger charge is -2.22. The van der Waals surface area contributed by atoms with Gasteiger partial charge >= 0.3 is 0 Å². The van der Waals surface area contributed by atoms with Gasteiger partial charge in [-0.1, -0.05) is 24.3 Å². The number of carbonyl (C=O) groups is 1. The molecule has 0 bridgehead atoms. The van der Waals surface area contributed by atoms with E-state index in [-0.39, 0.29) is 11.9 Å². The summed E-state index contributed by atoms with van der Waals surface area (Å²) in [5.74, 6) is 1.06. The molecular weight excluding hydrogens is 324 g/mol. The number of aliphatic imine (C=N–C) groups is 1. The third-order valence-electron chi connectivity index (χ3n) is 5.10. The van der Waals surface area contributed by atoms with Crippen LogP contribution in [0.15, 0.2) is 53.5 Å². The number of carbonyl (C=O) groups excluding carboxylic acids is 1. The third-order valence-corrected chi connectivity index (χ3v) is 5.10. The smallest absolute Gasteiger partial charge is 0.227 e. The zero-order chi connectivity index (χ0) is 18.1. The normalized spacial score (nSPS) is 19.2. The summed E-state index contributed by atoms with van der Waals surface area (Å²) in [5, 5.41) is 0. The van der Waals surface area contributed by atoms with Gasteiger partial charge in [0.15, 0.2) is 0 Å². The molecule has 0 spiro atoms. The fourth-order valence-electron chi connectivity index (χ4n) is 3.60. The van der Waals surface area contributed by atoms with E-state index in [0.29, 0.717) is 13.0 Å². The standard InChI is InChI=1S/C22H22N2O2/c1-15-3-12-22(25)24(15)18-8-7-17-14-23-21(20(17)13-18)11-6-16-4-9-19(26-2)10-5-16/h4-11,13,15H,3,12,14H2,1-2H3/b11-6+/t15-/m0/s1. The Morgan fingerprint density at radius 3 is 2.65 bits per heavy atom. The molecule has 132 valence electrons. The number of benzene rings is 2. The van der Waals surface area contributed by atoms with Crippen molar-refractivity contribution in [2.24, 2.45) is 4.99 Å². The van der Waals surface area contributed by atoms with E-state index in [0.717, 1.165) is 34.7 Å². The van der Waals surface area contributed by atoms with Crippen LogP contribution in [0.4, 0.5) is 5.69 Å². The first-order valence-electron chi connectivity index (χ1n) is 8.97. The number of ether oxygens (including phenoxy) is 1. The second kappa shape index (κ2) is 6.79. The van der Waals surface area contributed by atoms with Gasteiger partial charge in [0.1, 0.15) is 5.75 Å². The molecule has 2 aliphatic rings. The molecule has 4 heteroatoms. The number of hydrogen-bond acceptors (Lipinski definition) is 3. The monoisotopic (exact) mass is 346 g/mol. The predicted octanol–water partition coefficient (Wildman–Crippen LogP) is 4.23. The first-order chi connectivity index (χ1) is 12.7. The van der Waals surface area contributed by atoms with E-state index in [4.69, 9.17) is 4.74 Å². The molecule has 1 atom stereocenters. The predicted molar refractivity (Wildman–Crippen MR) is 105 cm³/mol. The van der Waals surface area contributed by atoms with E-state index in [1.165, 1.54) is 5.56 Å². The lowest BCUT2D eigenvalue weighted by molar-refractivity contribution is -0.117. The molecule has 0 unspecified atom stereocenters. The average molecular weight is 346 g/mol. The van der Waals surface area contributed by atoms with E-state index < -0.39 is 0 Å². The van der Waals surface area contributed by atoms with E-state index in [1.807, 2.05) is 41.3 Å². The van der Waals surface area contributed by atoms with Gasteiger partial charge in [0.05, 0.1) is 19.4 Å². The van der Waals surface area contributed by atoms with Gasteiger partial charge in [-0.25, -0.2) is 0 Å². The zero-order valence-corrected chi connectivity index (χ0v) is 15.1. The van der Waals surface area contributed by atoms with Crippen LogP contribution in [-0.2, 0) is 11.3 Å². The Kier molecular flexibility index (Phi) is 4.33. The molecule has 0 saturated carbocycles. The summed E-state index contributed by atoms with van der Waals surface area (Å²) >= 11 is 0. The quantitative estimate of drug-likeness (QED) is 0.831. The van der Waals surface area contributed by atoms with Gasteiger partial charge in [-0.2, -0.15) is 0 Å². The first kappa shape index (κ1) is 16.6. The minimum Gasteiger partial charge on any atom is -0.497 e. The van der Waals surface area contributed by atoms with Crippen molar-refractivity contribution in [3.8, 4) is 5.75 Å². The maximum Gasteiger partial charge on any atom is 0.227 e. The number of fused-ring (bicyclic) bond motifs is 1. The Labute approximate surface area is 153 Å². The topological polar surface area (TPSA) is 41.9 Å². The van der Waals surface area contributed by atoms with E-state index >= 15 is 0 Å². The van der Waals surface area contributed by atoms with Crippen molar-refractivity contribution in [1.29, 1.82) is 0 Å². The van der Waals surface area contributed by atoms with Crippen molar-refractivity contribution >= 4 is 23.4 Å². The van der Waals surface area contributed by atoms with Crippen LogP contribution in [0.2, 0.25) is 0 Å². The summed E-state index contributed by atoms with van der Waals surface area (Å²) in [6.45, 7) is 2.80. The Balaban J connectivity index is 1.59. The maximum absolute atomic E-state index is 12.2. The summed E-state index contributed by atoms with van der Waals surface area (Å²) < 4.78 is 5.19.